The van der Waals surface area contributed by atoms with Gasteiger partial charge in [0.2, 0.25) is 0 Å². The molecule has 0 aliphatic heterocycles. The monoisotopic (exact) mass is 374 g/mol. The molecule has 142 valence electrons. The Labute approximate surface area is 164 Å². The maximum atomic E-state index is 12.4. The first kappa shape index (κ1) is 19.1. The van der Waals surface area contributed by atoms with E-state index in [0.717, 1.165) is 17.1 Å². The van der Waals surface area contributed by atoms with Gasteiger partial charge in [-0.3, -0.25) is 9.59 Å². The van der Waals surface area contributed by atoms with Crippen LogP contribution in [0.15, 0.2) is 66.9 Å². The lowest BCUT2D eigenvalue weighted by Gasteiger charge is -2.13. The van der Waals surface area contributed by atoms with E-state index in [-0.39, 0.29) is 11.7 Å². The Hall–Kier alpha value is -3.67. The van der Waals surface area contributed by atoms with E-state index >= 15 is 0 Å². The molecule has 0 saturated heterocycles. The first-order valence-corrected chi connectivity index (χ1v) is 8.85. The van der Waals surface area contributed by atoms with E-state index in [0.29, 0.717) is 16.9 Å². The van der Waals surface area contributed by atoms with E-state index in [9.17, 15) is 9.59 Å². The molecule has 0 saturated carbocycles. The van der Waals surface area contributed by atoms with Crippen LogP contribution in [0.3, 0.4) is 0 Å². The number of nitrogens with zero attached hydrogens (tertiary/aromatic N) is 2. The van der Waals surface area contributed by atoms with E-state index in [2.05, 4.69) is 15.6 Å². The van der Waals surface area contributed by atoms with Crippen molar-refractivity contribution in [3.8, 4) is 0 Å². The quantitative estimate of drug-likeness (QED) is 0.628. The SMILES string of the molecule is CC(=O)c1cccc(Nc2ccc(C(=O)Nc3ccc(N(C)C)cc3)nc2)c1. The van der Waals surface area contributed by atoms with Gasteiger partial charge in [0, 0.05) is 36.7 Å². The summed E-state index contributed by atoms with van der Waals surface area (Å²) in [5.41, 5.74) is 4.23. The highest BCUT2D eigenvalue weighted by Gasteiger charge is 2.08. The van der Waals surface area contributed by atoms with Gasteiger partial charge in [-0.25, -0.2) is 4.98 Å². The third kappa shape index (κ3) is 4.73. The number of Topliss-reactive ketones (excluding diaryl/α,β-unsaturated/α-hetero) is 1. The van der Waals surface area contributed by atoms with Gasteiger partial charge in [0.25, 0.3) is 5.91 Å². The summed E-state index contributed by atoms with van der Waals surface area (Å²) in [5, 5.41) is 6.02. The number of rotatable bonds is 6. The smallest absolute Gasteiger partial charge is 0.274 e. The van der Waals surface area contributed by atoms with Crippen LogP contribution in [0.5, 0.6) is 0 Å². The predicted molar refractivity (Wildman–Crippen MR) is 113 cm³/mol. The van der Waals surface area contributed by atoms with Crippen LogP contribution in [0.25, 0.3) is 0 Å². The second-order valence-corrected chi connectivity index (χ2v) is 6.59. The van der Waals surface area contributed by atoms with E-state index in [4.69, 9.17) is 0 Å². The number of hydrogen-bond acceptors (Lipinski definition) is 5. The Bertz CT molecular complexity index is 980. The van der Waals surface area contributed by atoms with Crippen molar-refractivity contribution in [3.63, 3.8) is 0 Å². The fraction of sp³-hybridized carbons (Fsp3) is 0.136. The highest BCUT2D eigenvalue weighted by atomic mass is 16.2. The first-order chi connectivity index (χ1) is 13.4. The second kappa shape index (κ2) is 8.35. The highest BCUT2D eigenvalue weighted by Crippen LogP contribution is 2.19. The highest BCUT2D eigenvalue weighted by molar-refractivity contribution is 6.03. The molecule has 1 heterocycles. The molecule has 3 aromatic rings. The molecule has 0 unspecified atom stereocenters. The fourth-order valence-electron chi connectivity index (χ4n) is 2.62. The number of benzene rings is 2. The lowest BCUT2D eigenvalue weighted by atomic mass is 10.1. The molecular formula is C22H22N4O2. The molecular weight excluding hydrogens is 352 g/mol. The van der Waals surface area contributed by atoms with Gasteiger partial charge < -0.3 is 15.5 Å². The maximum Gasteiger partial charge on any atom is 0.274 e. The number of nitrogens with one attached hydrogen (secondary N) is 2. The van der Waals surface area contributed by atoms with Gasteiger partial charge in [0.15, 0.2) is 5.78 Å². The number of hydrogen-bond donors (Lipinski definition) is 2. The molecule has 0 spiro atoms. The second-order valence-electron chi connectivity index (χ2n) is 6.59. The van der Waals surface area contributed by atoms with Crippen molar-refractivity contribution in [2.24, 2.45) is 0 Å². The Morgan fingerprint density at radius 2 is 1.61 bits per heavy atom. The van der Waals surface area contributed by atoms with Crippen LogP contribution in [0, 0.1) is 0 Å². The summed E-state index contributed by atoms with van der Waals surface area (Å²) in [7, 11) is 3.92. The molecule has 2 aromatic carbocycles. The zero-order chi connectivity index (χ0) is 20.1. The molecule has 1 amide bonds. The van der Waals surface area contributed by atoms with Crippen LogP contribution >= 0.6 is 0 Å². The first-order valence-electron chi connectivity index (χ1n) is 8.85. The van der Waals surface area contributed by atoms with E-state index in [1.165, 1.54) is 6.92 Å². The van der Waals surface area contributed by atoms with Crippen LogP contribution in [-0.4, -0.2) is 30.8 Å². The van der Waals surface area contributed by atoms with Crippen molar-refractivity contribution in [1.29, 1.82) is 0 Å². The minimum atomic E-state index is -0.275. The molecule has 0 radical (unpaired) electrons. The van der Waals surface area contributed by atoms with Gasteiger partial charge in [-0.2, -0.15) is 0 Å². The number of carbonyl (C=O) groups excluding carboxylic acids is 2. The van der Waals surface area contributed by atoms with Crippen LogP contribution in [0.1, 0.15) is 27.8 Å². The van der Waals surface area contributed by atoms with E-state index < -0.39 is 0 Å². The molecule has 28 heavy (non-hydrogen) atoms. The van der Waals surface area contributed by atoms with Crippen molar-refractivity contribution >= 4 is 34.4 Å². The fourth-order valence-corrected chi connectivity index (χ4v) is 2.62. The van der Waals surface area contributed by atoms with Gasteiger partial charge in [0.05, 0.1) is 11.9 Å². The number of ketones is 1. The van der Waals surface area contributed by atoms with Gasteiger partial charge in [0.1, 0.15) is 5.69 Å². The zero-order valence-corrected chi connectivity index (χ0v) is 16.1. The topological polar surface area (TPSA) is 74.3 Å². The largest absolute Gasteiger partial charge is 0.378 e. The Balaban J connectivity index is 1.65. The standard InChI is InChI=1S/C22H22N4O2/c1-15(27)16-5-4-6-18(13-16)24-19-9-12-21(23-14-19)22(28)25-17-7-10-20(11-8-17)26(2)3/h4-14,24H,1-3H3,(H,25,28). The van der Waals surface area contributed by atoms with Crippen LogP contribution < -0.4 is 15.5 Å². The average molecular weight is 374 g/mol. The molecule has 0 atom stereocenters. The predicted octanol–water partition coefficient (Wildman–Crippen LogP) is 4.35. The molecule has 0 aliphatic rings. The summed E-state index contributed by atoms with van der Waals surface area (Å²) < 4.78 is 0. The van der Waals surface area contributed by atoms with E-state index in [1.807, 2.05) is 55.4 Å². The lowest BCUT2D eigenvalue weighted by Crippen LogP contribution is -2.14. The van der Waals surface area contributed by atoms with Crippen molar-refractivity contribution < 1.29 is 9.59 Å². The molecule has 6 nitrogen and oxygen atoms in total. The lowest BCUT2D eigenvalue weighted by molar-refractivity contribution is 0.101. The molecule has 3 rings (SSSR count). The molecule has 1 aromatic heterocycles. The molecule has 0 fully saturated rings. The summed E-state index contributed by atoms with van der Waals surface area (Å²) in [6.07, 6.45) is 1.59. The van der Waals surface area contributed by atoms with E-state index in [1.54, 1.807) is 30.5 Å². The van der Waals surface area contributed by atoms with Crippen molar-refractivity contribution in [3.05, 3.63) is 78.1 Å². The van der Waals surface area contributed by atoms with Crippen LogP contribution in [0.2, 0.25) is 0 Å². The number of anilines is 4. The summed E-state index contributed by atoms with van der Waals surface area (Å²) in [6.45, 7) is 1.53. The third-order valence-electron chi connectivity index (χ3n) is 4.20. The third-order valence-corrected chi connectivity index (χ3v) is 4.20. The molecule has 2 N–H and O–H groups in total. The summed E-state index contributed by atoms with van der Waals surface area (Å²) in [4.78, 5) is 30.1. The normalized spacial score (nSPS) is 10.2. The Morgan fingerprint density at radius 1 is 0.893 bits per heavy atom. The molecule has 6 heteroatoms. The molecule has 0 aliphatic carbocycles. The summed E-state index contributed by atoms with van der Waals surface area (Å²) in [6, 6.07) is 18.2. The number of amides is 1. The Kier molecular flexibility index (Phi) is 5.69. The van der Waals surface area contributed by atoms with Gasteiger partial charge >= 0.3 is 0 Å². The minimum absolute atomic E-state index is 0.00686. The Morgan fingerprint density at radius 3 is 2.21 bits per heavy atom. The zero-order valence-electron chi connectivity index (χ0n) is 16.1. The number of pyridine rings is 1. The van der Waals surface area contributed by atoms with Gasteiger partial charge in [-0.1, -0.05) is 12.1 Å². The van der Waals surface area contributed by atoms with Gasteiger partial charge in [-0.05, 0) is 55.5 Å². The van der Waals surface area contributed by atoms with Crippen molar-refractivity contribution in [2.45, 2.75) is 6.92 Å². The summed E-state index contributed by atoms with van der Waals surface area (Å²) in [5.74, 6) is -0.268. The number of aromatic nitrogens is 1. The summed E-state index contributed by atoms with van der Waals surface area (Å²) >= 11 is 0. The van der Waals surface area contributed by atoms with Crippen molar-refractivity contribution in [2.75, 3.05) is 29.6 Å². The average Bonchev–Trinajstić information content (AvgIpc) is 2.69. The maximum absolute atomic E-state index is 12.4. The number of carbonyl (C=O) groups is 2. The van der Waals surface area contributed by atoms with Gasteiger partial charge in [-0.15, -0.1) is 0 Å². The van der Waals surface area contributed by atoms with Crippen LogP contribution in [-0.2, 0) is 0 Å². The van der Waals surface area contributed by atoms with Crippen molar-refractivity contribution in [1.82, 2.24) is 4.98 Å². The molecule has 0 bridgehead atoms. The minimum Gasteiger partial charge on any atom is -0.378 e. The van der Waals surface area contributed by atoms with Crippen LogP contribution in [0.4, 0.5) is 22.7 Å².